The largest absolute Gasteiger partial charge is 0.440 e. The topological polar surface area (TPSA) is 119 Å². The van der Waals surface area contributed by atoms with Crippen molar-refractivity contribution in [1.82, 2.24) is 24.4 Å². The number of hydrogen-bond acceptors (Lipinski definition) is 6. The Bertz CT molecular complexity index is 1750. The van der Waals surface area contributed by atoms with Crippen molar-refractivity contribution in [2.45, 2.75) is 49.8 Å². The van der Waals surface area contributed by atoms with E-state index in [9.17, 15) is 18.4 Å². The first kappa shape index (κ1) is 20.8. The Morgan fingerprint density at radius 3 is 2.59 bits per heavy atom. The van der Waals surface area contributed by atoms with Gasteiger partial charge in [0.1, 0.15) is 6.10 Å². The number of likely N-dealkylation sites (tertiary alicyclic amines) is 1. The monoisotopic (exact) mass is 538 g/mol. The number of pyridine rings is 2. The minimum absolute atomic E-state index is 0.0757. The maximum atomic E-state index is 14.8. The van der Waals surface area contributed by atoms with Crippen LogP contribution in [0, 0.1) is 11.6 Å². The maximum absolute atomic E-state index is 14.8. The van der Waals surface area contributed by atoms with Crippen molar-refractivity contribution in [2.75, 3.05) is 13.0 Å². The number of carbonyl (C=O) groups is 1. The predicted molar refractivity (Wildman–Crippen MR) is 139 cm³/mol. The molecule has 1 fully saturated rings. The van der Waals surface area contributed by atoms with E-state index in [4.69, 9.17) is 16.0 Å². The number of aromatic nitrogens is 4. The van der Waals surface area contributed by atoms with Crippen LogP contribution in [0.1, 0.15) is 72.1 Å². The standard InChI is InChI=1S/C28H28F2N6O3/c29-20-6-1-4-17(23(20)30)18-8-9-22(25-19(24(18)31)5-2-12-32-25)39-28(38)35-14-10-16(11-15-35)36-21-7-3-13-33-26(21)34-27(36)37/h1-7,12-13,16,18,22,24H,8-11,14-15,31H2,(H,33,34,37)/t18-,22+,24-/m0/s1/i14D2,15D2. The van der Waals surface area contributed by atoms with Gasteiger partial charge in [-0.05, 0) is 61.1 Å². The van der Waals surface area contributed by atoms with E-state index in [1.165, 1.54) is 29.1 Å². The van der Waals surface area contributed by atoms with Crippen molar-refractivity contribution < 1.29 is 23.8 Å². The second-order valence-electron chi connectivity index (χ2n) is 9.59. The highest BCUT2D eigenvalue weighted by Crippen LogP contribution is 2.43. The normalized spacial score (nSPS) is 26.0. The number of H-pyrrole nitrogens is 1. The lowest BCUT2D eigenvalue weighted by Gasteiger charge is -2.33. The molecule has 1 aliphatic carbocycles. The van der Waals surface area contributed by atoms with Crippen LogP contribution in [0.3, 0.4) is 0 Å². The maximum Gasteiger partial charge on any atom is 0.410 e. The van der Waals surface area contributed by atoms with Crippen molar-refractivity contribution >= 4 is 17.3 Å². The molecule has 0 radical (unpaired) electrons. The Balaban J connectivity index is 1.29. The third-order valence-electron chi connectivity index (χ3n) is 7.34. The van der Waals surface area contributed by atoms with E-state index in [1.54, 1.807) is 24.3 Å². The fourth-order valence-electron chi connectivity index (χ4n) is 5.44. The van der Waals surface area contributed by atoms with Crippen LogP contribution in [-0.4, -0.2) is 43.5 Å². The van der Waals surface area contributed by atoms with Crippen molar-refractivity contribution in [2.24, 2.45) is 5.73 Å². The number of piperidine rings is 1. The molecule has 0 unspecified atom stereocenters. The summed E-state index contributed by atoms with van der Waals surface area (Å²) >= 11 is 0. The summed E-state index contributed by atoms with van der Waals surface area (Å²) in [5.41, 5.74) is 7.45. The summed E-state index contributed by atoms with van der Waals surface area (Å²) in [5.74, 6) is -2.71. The van der Waals surface area contributed by atoms with Gasteiger partial charge in [-0.1, -0.05) is 18.2 Å². The van der Waals surface area contributed by atoms with Crippen LogP contribution in [-0.2, 0) is 4.74 Å². The first-order valence-corrected chi connectivity index (χ1v) is 12.6. The molecule has 0 bridgehead atoms. The van der Waals surface area contributed by atoms with Crippen LogP contribution in [0.5, 0.6) is 0 Å². The number of fused-ring (bicyclic) bond motifs is 2. The van der Waals surface area contributed by atoms with Crippen molar-refractivity contribution in [3.05, 3.63) is 93.8 Å². The summed E-state index contributed by atoms with van der Waals surface area (Å²) in [6.07, 6.45) is 0.107. The molecule has 1 aromatic carbocycles. The van der Waals surface area contributed by atoms with E-state index in [2.05, 4.69) is 15.0 Å². The fourth-order valence-corrected chi connectivity index (χ4v) is 5.44. The quantitative estimate of drug-likeness (QED) is 0.371. The number of nitrogens with zero attached hydrogens (tertiary/aromatic N) is 4. The van der Waals surface area contributed by atoms with Gasteiger partial charge >= 0.3 is 11.8 Å². The Morgan fingerprint density at radius 2 is 1.77 bits per heavy atom. The molecule has 6 rings (SSSR count). The van der Waals surface area contributed by atoms with E-state index < -0.39 is 73.4 Å². The number of nitrogens with one attached hydrogen (secondary N) is 1. The summed E-state index contributed by atoms with van der Waals surface area (Å²) < 4.78 is 70.7. The zero-order valence-electron chi connectivity index (χ0n) is 24.7. The van der Waals surface area contributed by atoms with E-state index >= 15 is 0 Å². The van der Waals surface area contributed by atoms with E-state index in [1.807, 2.05) is 0 Å². The highest BCUT2D eigenvalue weighted by atomic mass is 19.2. The van der Waals surface area contributed by atoms with Gasteiger partial charge in [-0.15, -0.1) is 0 Å². The molecule has 1 aliphatic heterocycles. The highest BCUT2D eigenvalue weighted by Gasteiger charge is 2.36. The summed E-state index contributed by atoms with van der Waals surface area (Å²) in [6.45, 7) is -5.12. The number of aromatic amines is 1. The van der Waals surface area contributed by atoms with Crippen molar-refractivity contribution in [3.63, 3.8) is 0 Å². The second kappa shape index (κ2) is 10.2. The molecule has 9 nitrogen and oxygen atoms in total. The van der Waals surface area contributed by atoms with Crippen molar-refractivity contribution in [1.29, 1.82) is 0 Å². The number of benzene rings is 1. The van der Waals surface area contributed by atoms with Gasteiger partial charge < -0.3 is 15.4 Å². The molecule has 4 heterocycles. The van der Waals surface area contributed by atoms with Crippen LogP contribution in [0.4, 0.5) is 13.6 Å². The first-order valence-electron chi connectivity index (χ1n) is 14.6. The number of halogens is 2. The molecule has 3 atom stereocenters. The molecular weight excluding hydrogens is 506 g/mol. The van der Waals surface area contributed by atoms with Crippen LogP contribution in [0.15, 0.2) is 59.7 Å². The van der Waals surface area contributed by atoms with Crippen LogP contribution in [0.25, 0.3) is 11.2 Å². The molecular formula is C28H28F2N6O3. The average molecular weight is 539 g/mol. The highest BCUT2D eigenvalue weighted by molar-refractivity contribution is 5.70. The second-order valence-corrected chi connectivity index (χ2v) is 9.59. The molecule has 0 spiro atoms. The fraction of sp³-hybridized carbons (Fsp3) is 0.357. The lowest BCUT2D eigenvalue weighted by atomic mass is 9.86. The van der Waals surface area contributed by atoms with Crippen LogP contribution < -0.4 is 11.4 Å². The summed E-state index contributed by atoms with van der Waals surface area (Å²) in [5, 5.41) is 0. The molecule has 0 saturated carbocycles. The third kappa shape index (κ3) is 4.56. The average Bonchev–Trinajstić information content (AvgIpc) is 3.21. The number of nitrogens with two attached hydrogens (primary N) is 1. The van der Waals surface area contributed by atoms with Gasteiger partial charge in [-0.25, -0.2) is 23.4 Å². The van der Waals surface area contributed by atoms with Gasteiger partial charge in [0.15, 0.2) is 17.3 Å². The molecule has 1 amide bonds. The molecule has 3 N–H and O–H groups in total. The minimum atomic E-state index is -2.56. The van der Waals surface area contributed by atoms with Gasteiger partial charge in [0, 0.05) is 48.9 Å². The smallest absolute Gasteiger partial charge is 0.410 e. The Labute approximate surface area is 228 Å². The van der Waals surface area contributed by atoms with Gasteiger partial charge in [0.25, 0.3) is 0 Å². The molecule has 39 heavy (non-hydrogen) atoms. The molecule has 11 heteroatoms. The molecule has 1 saturated heterocycles. The summed E-state index contributed by atoms with van der Waals surface area (Å²) in [7, 11) is 0. The Morgan fingerprint density at radius 1 is 1.03 bits per heavy atom. The van der Waals surface area contributed by atoms with Gasteiger partial charge in [0.05, 0.1) is 11.2 Å². The van der Waals surface area contributed by atoms with Crippen molar-refractivity contribution in [3.8, 4) is 0 Å². The number of carbonyl (C=O) groups excluding carboxylic acids is 1. The van der Waals surface area contributed by atoms with Gasteiger partial charge in [-0.3, -0.25) is 14.5 Å². The SMILES string of the molecule is [2H]C1([2H])CC(n2c(=O)[nH]c3ncccc32)CC([2H])([2H])N1C(=O)O[C@@H]1CC[C@@H](c2cccc(F)c2F)[C@H](N)c2cccnc21. The Hall–Kier alpha value is -4.12. The zero-order valence-corrected chi connectivity index (χ0v) is 20.7. The molecule has 4 aromatic rings. The minimum Gasteiger partial charge on any atom is -0.440 e. The number of hydrogen-bond donors (Lipinski definition) is 2. The van der Waals surface area contributed by atoms with Gasteiger partial charge in [-0.2, -0.15) is 0 Å². The summed E-state index contributed by atoms with van der Waals surface area (Å²) in [6, 6.07) is 8.61. The third-order valence-corrected chi connectivity index (χ3v) is 7.34. The predicted octanol–water partition coefficient (Wildman–Crippen LogP) is 4.49. The molecule has 3 aromatic heterocycles. The lowest BCUT2D eigenvalue weighted by Crippen LogP contribution is -2.41. The number of rotatable bonds is 3. The van der Waals surface area contributed by atoms with Crippen LogP contribution in [0.2, 0.25) is 0 Å². The number of amides is 1. The van der Waals surface area contributed by atoms with E-state index in [0.717, 1.165) is 6.07 Å². The first-order chi connectivity index (χ1) is 20.4. The lowest BCUT2D eigenvalue weighted by molar-refractivity contribution is 0.0472. The number of imidazole rings is 1. The summed E-state index contributed by atoms with van der Waals surface area (Å²) in [4.78, 5) is 37.8. The molecule has 202 valence electrons. The van der Waals surface area contributed by atoms with Crippen LogP contribution >= 0.6 is 0 Å². The van der Waals surface area contributed by atoms with E-state index in [-0.39, 0.29) is 29.7 Å². The zero-order chi connectivity index (χ0) is 30.7. The number of ether oxygens (including phenoxy) is 1. The van der Waals surface area contributed by atoms with Gasteiger partial charge in [0.2, 0.25) is 0 Å². The Kier molecular flexibility index (Phi) is 5.45. The molecule has 2 aliphatic rings. The van der Waals surface area contributed by atoms with E-state index in [0.29, 0.717) is 16.0 Å².